The molecule has 3 aliphatic carbocycles. The molecular formula is C33H40O10. The van der Waals surface area contributed by atoms with Gasteiger partial charge in [0.05, 0.1) is 11.5 Å². The zero-order valence-electron chi connectivity index (χ0n) is 25.9. The second-order valence-electron chi connectivity index (χ2n) is 13.2. The molecule has 0 amide bonds. The van der Waals surface area contributed by atoms with Gasteiger partial charge in [0.1, 0.15) is 18.3 Å². The molecule has 1 aromatic carbocycles. The topological polar surface area (TPSA) is 135 Å². The number of carbonyl (C=O) groups is 5. The van der Waals surface area contributed by atoms with E-state index in [1.54, 1.807) is 50.3 Å². The summed E-state index contributed by atoms with van der Waals surface area (Å²) in [5, 5.41) is 0. The smallest absolute Gasteiger partial charge is 0.338 e. The Balaban J connectivity index is 1.69. The van der Waals surface area contributed by atoms with E-state index in [1.165, 1.54) is 20.8 Å². The van der Waals surface area contributed by atoms with Gasteiger partial charge in [0.15, 0.2) is 23.1 Å². The highest BCUT2D eigenvalue weighted by Crippen LogP contribution is 2.69. The van der Waals surface area contributed by atoms with E-state index < -0.39 is 82.7 Å². The van der Waals surface area contributed by atoms with Crippen molar-refractivity contribution >= 4 is 29.7 Å². The maximum absolute atomic E-state index is 14.4. The summed E-state index contributed by atoms with van der Waals surface area (Å²) in [6.45, 7) is 13.1. The van der Waals surface area contributed by atoms with Crippen LogP contribution in [0.2, 0.25) is 0 Å². The summed E-state index contributed by atoms with van der Waals surface area (Å²) in [5.74, 6) is -4.43. The standard InChI is InChI=1S/C33H40O10/c1-16-14-33-29(41-21(6)36)17(2)15-32(33,43-33)28(37)18(3)26(40-20(5)35)23-24(31(23,7)8)27(25(16)39-19(4)34)42-30(38)22-12-10-9-11-13-22/h9-14,17-18,23-27,29H,15H2,1-8H3. The van der Waals surface area contributed by atoms with Crippen molar-refractivity contribution < 1.29 is 47.7 Å². The number of carbonyl (C=O) groups excluding carboxylic acids is 5. The Labute approximate surface area is 251 Å². The molecule has 0 aromatic heterocycles. The van der Waals surface area contributed by atoms with Crippen LogP contribution in [0, 0.1) is 29.1 Å². The van der Waals surface area contributed by atoms with Crippen LogP contribution in [0.5, 0.6) is 0 Å². The lowest BCUT2D eigenvalue weighted by Gasteiger charge is -2.30. The molecule has 4 aliphatic rings. The molecule has 1 heterocycles. The van der Waals surface area contributed by atoms with Crippen molar-refractivity contribution in [1.29, 1.82) is 0 Å². The molecule has 1 aliphatic heterocycles. The minimum atomic E-state index is -1.33. The Bertz CT molecular complexity index is 1380. The van der Waals surface area contributed by atoms with Gasteiger partial charge >= 0.3 is 23.9 Å². The van der Waals surface area contributed by atoms with Crippen molar-refractivity contribution in [2.75, 3.05) is 0 Å². The van der Waals surface area contributed by atoms with Crippen LogP contribution in [-0.2, 0) is 42.9 Å². The fourth-order valence-corrected chi connectivity index (χ4v) is 7.97. The van der Waals surface area contributed by atoms with Crippen molar-refractivity contribution in [2.45, 2.75) is 97.4 Å². The lowest BCUT2D eigenvalue weighted by molar-refractivity contribution is -0.154. The lowest BCUT2D eigenvalue weighted by atomic mass is 9.80. The van der Waals surface area contributed by atoms with Gasteiger partial charge in [-0.1, -0.05) is 45.9 Å². The molecule has 1 aromatic rings. The van der Waals surface area contributed by atoms with E-state index in [9.17, 15) is 24.0 Å². The summed E-state index contributed by atoms with van der Waals surface area (Å²) in [7, 11) is 0. The Hall–Kier alpha value is -3.53. The molecule has 2 saturated carbocycles. The minimum absolute atomic E-state index is 0.239. The minimum Gasteiger partial charge on any atom is -0.461 e. The zero-order valence-corrected chi connectivity index (χ0v) is 25.9. The number of rotatable bonds is 5. The average molecular weight is 597 g/mol. The van der Waals surface area contributed by atoms with Gasteiger partial charge in [-0.15, -0.1) is 0 Å². The van der Waals surface area contributed by atoms with Crippen molar-refractivity contribution in [3.8, 4) is 0 Å². The number of Topliss-reactive ketones (excluding diaryl/α,β-unsaturated/α-hetero) is 1. The largest absolute Gasteiger partial charge is 0.461 e. The third kappa shape index (κ3) is 4.97. The van der Waals surface area contributed by atoms with E-state index in [4.69, 9.17) is 23.7 Å². The second-order valence-corrected chi connectivity index (χ2v) is 13.2. The summed E-state index contributed by atoms with van der Waals surface area (Å²) in [6.07, 6.45) is -1.74. The fraction of sp³-hybridized carbons (Fsp3) is 0.606. The highest BCUT2D eigenvalue weighted by Gasteiger charge is 2.84. The van der Waals surface area contributed by atoms with Gasteiger partial charge in [-0.05, 0) is 48.5 Å². The molecular weight excluding hydrogens is 556 g/mol. The van der Waals surface area contributed by atoms with E-state index in [0.29, 0.717) is 11.1 Å². The van der Waals surface area contributed by atoms with Gasteiger partial charge < -0.3 is 23.7 Å². The monoisotopic (exact) mass is 596 g/mol. The van der Waals surface area contributed by atoms with Crippen LogP contribution < -0.4 is 0 Å². The molecule has 232 valence electrons. The Morgan fingerprint density at radius 3 is 2.00 bits per heavy atom. The van der Waals surface area contributed by atoms with E-state index in [2.05, 4.69) is 0 Å². The third-order valence-electron chi connectivity index (χ3n) is 9.82. The van der Waals surface area contributed by atoms with E-state index >= 15 is 0 Å². The highest BCUT2D eigenvalue weighted by molar-refractivity contribution is 5.96. The van der Waals surface area contributed by atoms with Crippen LogP contribution >= 0.6 is 0 Å². The normalized spacial score (nSPS) is 39.0. The first-order valence-electron chi connectivity index (χ1n) is 14.8. The van der Waals surface area contributed by atoms with Gasteiger partial charge in [0.25, 0.3) is 0 Å². The highest BCUT2D eigenvalue weighted by atomic mass is 16.7. The van der Waals surface area contributed by atoms with Crippen molar-refractivity contribution in [3.05, 3.63) is 47.5 Å². The van der Waals surface area contributed by atoms with Gasteiger partial charge in [-0.25, -0.2) is 4.79 Å². The molecule has 10 nitrogen and oxygen atoms in total. The molecule has 1 saturated heterocycles. The van der Waals surface area contributed by atoms with Crippen LogP contribution in [-0.4, -0.2) is 65.3 Å². The van der Waals surface area contributed by atoms with Gasteiger partial charge in [-0.3, -0.25) is 19.2 Å². The quantitative estimate of drug-likeness (QED) is 0.212. The first kappa shape index (κ1) is 30.9. The number of fused-ring (bicyclic) bond motifs is 1. The van der Waals surface area contributed by atoms with E-state index in [-0.39, 0.29) is 18.1 Å². The molecule has 0 radical (unpaired) electrons. The molecule has 10 heteroatoms. The molecule has 10 atom stereocenters. The first-order valence-corrected chi connectivity index (χ1v) is 14.8. The Morgan fingerprint density at radius 2 is 1.42 bits per heavy atom. The van der Waals surface area contributed by atoms with Gasteiger partial charge in [-0.2, -0.15) is 0 Å². The number of esters is 4. The molecule has 43 heavy (non-hydrogen) atoms. The fourth-order valence-electron chi connectivity index (χ4n) is 7.97. The summed E-state index contributed by atoms with van der Waals surface area (Å²) >= 11 is 0. The van der Waals surface area contributed by atoms with Crippen molar-refractivity contribution in [2.24, 2.45) is 29.1 Å². The van der Waals surface area contributed by atoms with Crippen molar-refractivity contribution in [3.63, 3.8) is 0 Å². The van der Waals surface area contributed by atoms with Crippen LogP contribution in [0.25, 0.3) is 0 Å². The number of ether oxygens (including phenoxy) is 5. The number of hydrogen-bond donors (Lipinski definition) is 0. The molecule has 0 bridgehead atoms. The van der Waals surface area contributed by atoms with Crippen LogP contribution in [0.15, 0.2) is 42.0 Å². The number of hydrogen-bond acceptors (Lipinski definition) is 10. The molecule has 10 unspecified atom stereocenters. The van der Waals surface area contributed by atoms with Crippen LogP contribution in [0.4, 0.5) is 0 Å². The Morgan fingerprint density at radius 1 is 0.837 bits per heavy atom. The van der Waals surface area contributed by atoms with Crippen LogP contribution in [0.3, 0.4) is 0 Å². The average Bonchev–Trinajstić information content (AvgIpc) is 3.71. The van der Waals surface area contributed by atoms with E-state index in [0.717, 1.165) is 0 Å². The van der Waals surface area contributed by atoms with Gasteiger partial charge in [0.2, 0.25) is 0 Å². The summed E-state index contributed by atoms with van der Waals surface area (Å²) in [5.41, 5.74) is -2.43. The number of ketones is 1. The predicted molar refractivity (Wildman–Crippen MR) is 151 cm³/mol. The maximum atomic E-state index is 14.4. The molecule has 5 rings (SSSR count). The predicted octanol–water partition coefficient (Wildman–Crippen LogP) is 3.99. The second kappa shape index (κ2) is 10.6. The Kier molecular flexibility index (Phi) is 7.60. The van der Waals surface area contributed by atoms with Crippen molar-refractivity contribution in [1.82, 2.24) is 0 Å². The number of epoxide rings is 1. The molecule has 0 N–H and O–H groups in total. The summed E-state index contributed by atoms with van der Waals surface area (Å²) in [4.78, 5) is 65.0. The number of benzene rings is 1. The zero-order chi connectivity index (χ0) is 31.6. The molecule has 0 spiro atoms. The molecule has 3 fully saturated rings. The lowest BCUT2D eigenvalue weighted by Crippen LogP contribution is -2.43. The van der Waals surface area contributed by atoms with Gasteiger partial charge in [0, 0.05) is 32.6 Å². The summed E-state index contributed by atoms with van der Waals surface area (Å²) < 4.78 is 30.1. The summed E-state index contributed by atoms with van der Waals surface area (Å²) in [6, 6.07) is 8.48. The first-order chi connectivity index (χ1) is 20.1. The SMILES string of the molecule is CC(=O)OC1C(C)=CC23OC2(CC(C)C3OC(C)=O)C(=O)C(C)C(OC(C)=O)C2C(C1OC(=O)c1ccccc1)C2(C)C. The maximum Gasteiger partial charge on any atom is 0.338 e. The third-order valence-corrected chi connectivity index (χ3v) is 9.82. The van der Waals surface area contributed by atoms with Crippen LogP contribution in [0.1, 0.15) is 72.2 Å². The van der Waals surface area contributed by atoms with E-state index in [1.807, 2.05) is 20.8 Å².